The van der Waals surface area contributed by atoms with Crippen molar-refractivity contribution in [2.45, 2.75) is 12.8 Å². The van der Waals surface area contributed by atoms with E-state index < -0.39 is 17.1 Å². The van der Waals surface area contributed by atoms with Crippen LogP contribution in [0.2, 0.25) is 0 Å². The van der Waals surface area contributed by atoms with Crippen molar-refractivity contribution in [3.05, 3.63) is 90.0 Å². The van der Waals surface area contributed by atoms with Gasteiger partial charge in [-0.3, -0.25) is 14.6 Å². The maximum Gasteiger partial charge on any atom is 0.253 e. The number of amides is 2. The molecule has 1 fully saturated rings. The van der Waals surface area contributed by atoms with Gasteiger partial charge in [0.15, 0.2) is 0 Å². The van der Waals surface area contributed by atoms with E-state index in [1.54, 1.807) is 23.4 Å². The number of carbonyl (C=O) groups excluding carboxylic acids is 2. The Kier molecular flexibility index (Phi) is 5.31. The van der Waals surface area contributed by atoms with Gasteiger partial charge in [-0.2, -0.15) is 0 Å². The molecule has 6 heteroatoms. The van der Waals surface area contributed by atoms with E-state index in [1.807, 2.05) is 36.4 Å². The summed E-state index contributed by atoms with van der Waals surface area (Å²) >= 11 is 0. The van der Waals surface area contributed by atoms with Crippen LogP contribution in [0.3, 0.4) is 0 Å². The second-order valence-corrected chi connectivity index (χ2v) is 7.71. The molecule has 2 heterocycles. The van der Waals surface area contributed by atoms with Gasteiger partial charge in [0.05, 0.1) is 5.41 Å². The van der Waals surface area contributed by atoms with Gasteiger partial charge in [-0.1, -0.05) is 36.4 Å². The number of halogens is 1. The summed E-state index contributed by atoms with van der Waals surface area (Å²) in [6.45, 7) is 0.604. The summed E-state index contributed by atoms with van der Waals surface area (Å²) in [6, 6.07) is 17.3. The van der Waals surface area contributed by atoms with Crippen LogP contribution in [-0.4, -0.2) is 34.8 Å². The summed E-state index contributed by atoms with van der Waals surface area (Å²) in [5.74, 6) is -1.19. The molecule has 0 saturated carbocycles. The lowest BCUT2D eigenvalue weighted by Crippen LogP contribution is -2.42. The molecule has 152 valence electrons. The van der Waals surface area contributed by atoms with E-state index >= 15 is 0 Å². The Morgan fingerprint density at radius 1 is 1.10 bits per heavy atom. The molecule has 0 radical (unpaired) electrons. The van der Waals surface area contributed by atoms with Crippen LogP contribution in [0.15, 0.2) is 73.1 Å². The summed E-state index contributed by atoms with van der Waals surface area (Å²) in [5, 5.41) is 0. The third-order valence-electron chi connectivity index (χ3n) is 5.75. The number of hydrogen-bond donors (Lipinski definition) is 1. The van der Waals surface area contributed by atoms with E-state index in [4.69, 9.17) is 5.73 Å². The first-order valence-electron chi connectivity index (χ1n) is 9.82. The van der Waals surface area contributed by atoms with Gasteiger partial charge >= 0.3 is 0 Å². The number of likely N-dealkylation sites (tertiary alicyclic amines) is 1. The van der Waals surface area contributed by atoms with Crippen LogP contribution in [0.25, 0.3) is 11.1 Å². The molecular weight excluding hydrogens is 381 g/mol. The smallest absolute Gasteiger partial charge is 0.253 e. The topological polar surface area (TPSA) is 76.3 Å². The molecule has 0 bridgehead atoms. The van der Waals surface area contributed by atoms with Gasteiger partial charge in [0.2, 0.25) is 5.91 Å². The molecule has 4 rings (SSSR count). The van der Waals surface area contributed by atoms with Gasteiger partial charge in [0, 0.05) is 36.6 Å². The number of rotatable bonds is 5. The molecule has 0 aliphatic carbocycles. The lowest BCUT2D eigenvalue weighted by atomic mass is 9.78. The molecule has 2 aromatic carbocycles. The van der Waals surface area contributed by atoms with Crippen molar-refractivity contribution in [1.29, 1.82) is 0 Å². The molecule has 1 saturated heterocycles. The molecule has 1 atom stereocenters. The second kappa shape index (κ2) is 8.06. The normalized spacial score (nSPS) is 18.4. The van der Waals surface area contributed by atoms with Crippen LogP contribution < -0.4 is 5.73 Å². The first-order valence-corrected chi connectivity index (χ1v) is 9.82. The van der Waals surface area contributed by atoms with E-state index in [9.17, 15) is 14.0 Å². The summed E-state index contributed by atoms with van der Waals surface area (Å²) in [4.78, 5) is 31.2. The number of pyridine rings is 1. The van der Waals surface area contributed by atoms with Crippen molar-refractivity contribution >= 4 is 11.8 Å². The number of primary amides is 1. The molecule has 30 heavy (non-hydrogen) atoms. The number of benzene rings is 2. The molecular formula is C24H22FN3O2. The van der Waals surface area contributed by atoms with Crippen LogP contribution in [0.1, 0.15) is 22.3 Å². The molecule has 0 unspecified atom stereocenters. The van der Waals surface area contributed by atoms with Gasteiger partial charge in [0.1, 0.15) is 5.82 Å². The van der Waals surface area contributed by atoms with Crippen LogP contribution in [0.5, 0.6) is 0 Å². The van der Waals surface area contributed by atoms with Gasteiger partial charge in [-0.25, -0.2) is 4.39 Å². The van der Waals surface area contributed by atoms with Gasteiger partial charge in [-0.05, 0) is 48.2 Å². The van der Waals surface area contributed by atoms with E-state index in [2.05, 4.69) is 4.98 Å². The fraction of sp³-hybridized carbons (Fsp3) is 0.208. The molecule has 2 amide bonds. The monoisotopic (exact) mass is 403 g/mol. The number of nitrogens with two attached hydrogens (primary N) is 1. The predicted molar refractivity (Wildman–Crippen MR) is 112 cm³/mol. The minimum absolute atomic E-state index is 0.207. The van der Waals surface area contributed by atoms with Crippen molar-refractivity contribution in [1.82, 2.24) is 9.88 Å². The van der Waals surface area contributed by atoms with Crippen LogP contribution in [0, 0.1) is 11.2 Å². The molecule has 1 aliphatic heterocycles. The van der Waals surface area contributed by atoms with E-state index in [0.29, 0.717) is 19.4 Å². The van der Waals surface area contributed by atoms with Crippen molar-refractivity contribution in [2.24, 2.45) is 11.1 Å². The average molecular weight is 403 g/mol. The zero-order valence-electron chi connectivity index (χ0n) is 16.4. The summed E-state index contributed by atoms with van der Waals surface area (Å²) in [6.07, 6.45) is 4.37. The highest BCUT2D eigenvalue weighted by molar-refractivity contribution is 5.95. The maximum absolute atomic E-state index is 13.5. The van der Waals surface area contributed by atoms with Crippen LogP contribution in [-0.2, 0) is 11.2 Å². The first kappa shape index (κ1) is 19.8. The van der Waals surface area contributed by atoms with Crippen LogP contribution in [0.4, 0.5) is 4.39 Å². The highest BCUT2D eigenvalue weighted by atomic mass is 19.1. The average Bonchev–Trinajstić information content (AvgIpc) is 3.20. The van der Waals surface area contributed by atoms with Crippen molar-refractivity contribution < 1.29 is 14.0 Å². The SMILES string of the molecule is NC(=O)[C@]1(Cc2ccccc2-c2cccnc2)CCN(C(=O)c2cccc(F)c2)C1. The van der Waals surface area contributed by atoms with Crippen molar-refractivity contribution in [2.75, 3.05) is 13.1 Å². The first-order chi connectivity index (χ1) is 14.5. The Morgan fingerprint density at radius 2 is 1.93 bits per heavy atom. The fourth-order valence-corrected chi connectivity index (χ4v) is 4.13. The Bertz CT molecular complexity index is 1090. The van der Waals surface area contributed by atoms with Gasteiger partial charge < -0.3 is 10.6 Å². The number of carbonyl (C=O) groups is 2. The third kappa shape index (κ3) is 3.81. The fourth-order valence-electron chi connectivity index (χ4n) is 4.13. The van der Waals surface area contributed by atoms with Gasteiger partial charge in [-0.15, -0.1) is 0 Å². The lowest BCUT2D eigenvalue weighted by Gasteiger charge is -2.27. The highest BCUT2D eigenvalue weighted by Crippen LogP contribution is 2.37. The van der Waals surface area contributed by atoms with Crippen LogP contribution >= 0.6 is 0 Å². The maximum atomic E-state index is 13.5. The molecule has 0 spiro atoms. The number of hydrogen-bond acceptors (Lipinski definition) is 3. The Labute approximate surface area is 174 Å². The Morgan fingerprint density at radius 3 is 2.67 bits per heavy atom. The summed E-state index contributed by atoms with van der Waals surface area (Å²) in [5.41, 5.74) is 8.16. The highest BCUT2D eigenvalue weighted by Gasteiger charge is 2.45. The van der Waals surface area contributed by atoms with E-state index in [1.165, 1.54) is 18.2 Å². The Hall–Kier alpha value is -3.54. The number of aromatic nitrogens is 1. The molecule has 5 nitrogen and oxygen atoms in total. The largest absolute Gasteiger partial charge is 0.369 e. The number of nitrogens with zero attached hydrogens (tertiary/aromatic N) is 2. The van der Waals surface area contributed by atoms with E-state index in [0.717, 1.165) is 16.7 Å². The summed E-state index contributed by atoms with van der Waals surface area (Å²) in [7, 11) is 0. The van der Waals surface area contributed by atoms with Crippen molar-refractivity contribution in [3.8, 4) is 11.1 Å². The zero-order valence-corrected chi connectivity index (χ0v) is 16.4. The minimum Gasteiger partial charge on any atom is -0.369 e. The molecule has 2 N–H and O–H groups in total. The zero-order chi connectivity index (χ0) is 21.1. The predicted octanol–water partition coefficient (Wildman–Crippen LogP) is 3.45. The van der Waals surface area contributed by atoms with Gasteiger partial charge in [0.25, 0.3) is 5.91 Å². The standard InChI is InChI=1S/C24H22FN3O2/c25-20-8-3-6-17(13-20)22(29)28-12-10-24(16-28,23(26)30)14-18-5-1-2-9-21(18)19-7-4-11-27-15-19/h1-9,11,13,15H,10,12,14,16H2,(H2,26,30)/t24-/m0/s1. The summed E-state index contributed by atoms with van der Waals surface area (Å²) < 4.78 is 13.5. The van der Waals surface area contributed by atoms with Crippen molar-refractivity contribution in [3.63, 3.8) is 0 Å². The molecule has 1 aliphatic rings. The lowest BCUT2D eigenvalue weighted by molar-refractivity contribution is -0.126. The third-order valence-corrected chi connectivity index (χ3v) is 5.75. The molecule has 3 aromatic rings. The molecule has 1 aromatic heterocycles. The van der Waals surface area contributed by atoms with E-state index in [-0.39, 0.29) is 18.0 Å². The quantitative estimate of drug-likeness (QED) is 0.709. The Balaban J connectivity index is 1.62. The second-order valence-electron chi connectivity index (χ2n) is 7.71. The minimum atomic E-state index is -0.874.